The Labute approximate surface area is 205 Å². The molecule has 0 spiro atoms. The van der Waals surface area contributed by atoms with E-state index < -0.39 is 0 Å². The number of nitrogens with one attached hydrogen (secondary N) is 1. The molecule has 0 aliphatic heterocycles. The SMILES string of the molecule is COc1cc2nccc(Oc3ccc(CNC(=O)c4ccc(C(C)(C)C)cc4)cc3)c2cc1OC. The number of amides is 1. The van der Waals surface area contributed by atoms with Crippen molar-refractivity contribution < 1.29 is 19.0 Å². The van der Waals surface area contributed by atoms with E-state index >= 15 is 0 Å². The summed E-state index contributed by atoms with van der Waals surface area (Å²) in [6.07, 6.45) is 1.70. The van der Waals surface area contributed by atoms with Gasteiger partial charge in [0.15, 0.2) is 11.5 Å². The summed E-state index contributed by atoms with van der Waals surface area (Å²) in [6, 6.07) is 20.9. The summed E-state index contributed by atoms with van der Waals surface area (Å²) < 4.78 is 16.9. The molecule has 0 aliphatic rings. The van der Waals surface area contributed by atoms with Gasteiger partial charge in [0, 0.05) is 29.8 Å². The first-order valence-corrected chi connectivity index (χ1v) is 11.4. The highest BCUT2D eigenvalue weighted by molar-refractivity contribution is 5.94. The van der Waals surface area contributed by atoms with Crippen molar-refractivity contribution in [2.75, 3.05) is 14.2 Å². The van der Waals surface area contributed by atoms with Gasteiger partial charge in [-0.3, -0.25) is 9.78 Å². The van der Waals surface area contributed by atoms with Crippen LogP contribution in [0.4, 0.5) is 0 Å². The third-order valence-electron chi connectivity index (χ3n) is 5.82. The molecule has 0 saturated carbocycles. The fourth-order valence-electron chi connectivity index (χ4n) is 3.74. The molecule has 0 bridgehead atoms. The summed E-state index contributed by atoms with van der Waals surface area (Å²) in [5, 5.41) is 3.79. The van der Waals surface area contributed by atoms with Crippen molar-refractivity contribution >= 4 is 16.8 Å². The third kappa shape index (κ3) is 5.54. The summed E-state index contributed by atoms with van der Waals surface area (Å²) in [7, 11) is 3.19. The van der Waals surface area contributed by atoms with Gasteiger partial charge in [-0.15, -0.1) is 0 Å². The number of carbonyl (C=O) groups is 1. The van der Waals surface area contributed by atoms with Crippen LogP contribution in [0, 0.1) is 0 Å². The number of methoxy groups -OCH3 is 2. The summed E-state index contributed by atoms with van der Waals surface area (Å²) in [5.74, 6) is 2.47. The molecule has 0 saturated heterocycles. The van der Waals surface area contributed by atoms with Gasteiger partial charge in [-0.05, 0) is 52.9 Å². The van der Waals surface area contributed by atoms with Gasteiger partial charge in [-0.25, -0.2) is 0 Å². The zero-order valence-corrected chi connectivity index (χ0v) is 20.7. The Morgan fingerprint density at radius 3 is 2.14 bits per heavy atom. The van der Waals surface area contributed by atoms with Crippen molar-refractivity contribution in [3.05, 3.63) is 89.6 Å². The number of hydrogen-bond donors (Lipinski definition) is 1. The van der Waals surface area contributed by atoms with E-state index in [1.807, 2.05) is 66.7 Å². The molecule has 0 unspecified atom stereocenters. The first kappa shape index (κ1) is 24.1. The summed E-state index contributed by atoms with van der Waals surface area (Å²) >= 11 is 0. The molecule has 6 heteroatoms. The monoisotopic (exact) mass is 470 g/mol. The van der Waals surface area contributed by atoms with Crippen LogP contribution in [0.3, 0.4) is 0 Å². The van der Waals surface area contributed by atoms with Gasteiger partial charge in [-0.1, -0.05) is 45.0 Å². The van der Waals surface area contributed by atoms with Gasteiger partial charge in [0.05, 0.1) is 19.7 Å². The van der Waals surface area contributed by atoms with Crippen LogP contribution in [0.25, 0.3) is 10.9 Å². The van der Waals surface area contributed by atoms with Gasteiger partial charge >= 0.3 is 0 Å². The van der Waals surface area contributed by atoms with Crippen LogP contribution in [0.15, 0.2) is 72.9 Å². The van der Waals surface area contributed by atoms with Crippen LogP contribution in [0.5, 0.6) is 23.0 Å². The predicted molar refractivity (Wildman–Crippen MR) is 138 cm³/mol. The molecule has 4 aromatic rings. The van der Waals surface area contributed by atoms with Crippen LogP contribution in [-0.2, 0) is 12.0 Å². The topological polar surface area (TPSA) is 69.7 Å². The number of hydrogen-bond acceptors (Lipinski definition) is 5. The Hall–Kier alpha value is -4.06. The highest BCUT2D eigenvalue weighted by atomic mass is 16.5. The largest absolute Gasteiger partial charge is 0.493 e. The Bertz CT molecular complexity index is 1320. The lowest BCUT2D eigenvalue weighted by Gasteiger charge is -2.19. The van der Waals surface area contributed by atoms with Crippen molar-refractivity contribution in [3.63, 3.8) is 0 Å². The van der Waals surface area contributed by atoms with Gasteiger partial charge in [0.25, 0.3) is 5.91 Å². The predicted octanol–water partition coefficient (Wildman–Crippen LogP) is 6.27. The molecule has 0 atom stereocenters. The second-order valence-corrected chi connectivity index (χ2v) is 9.29. The zero-order chi connectivity index (χ0) is 25.0. The number of rotatable bonds is 7. The lowest BCUT2D eigenvalue weighted by Crippen LogP contribution is -2.23. The van der Waals surface area contributed by atoms with Crippen LogP contribution in [0.2, 0.25) is 0 Å². The molecule has 1 aromatic heterocycles. The van der Waals surface area contributed by atoms with Crippen molar-refractivity contribution in [3.8, 4) is 23.0 Å². The number of fused-ring (bicyclic) bond motifs is 1. The number of benzene rings is 3. The van der Waals surface area contributed by atoms with E-state index in [9.17, 15) is 4.79 Å². The van der Waals surface area contributed by atoms with Crippen molar-refractivity contribution in [2.24, 2.45) is 0 Å². The minimum absolute atomic E-state index is 0.0559. The second-order valence-electron chi connectivity index (χ2n) is 9.29. The Morgan fingerprint density at radius 1 is 0.857 bits per heavy atom. The van der Waals surface area contributed by atoms with E-state index in [-0.39, 0.29) is 11.3 Å². The second kappa shape index (κ2) is 10.1. The molecular formula is C29H30N2O4. The molecular weight excluding hydrogens is 440 g/mol. The average Bonchev–Trinajstić information content (AvgIpc) is 2.87. The number of pyridine rings is 1. The molecule has 1 heterocycles. The highest BCUT2D eigenvalue weighted by Crippen LogP contribution is 2.36. The van der Waals surface area contributed by atoms with Crippen molar-refractivity contribution in [1.29, 1.82) is 0 Å². The zero-order valence-electron chi connectivity index (χ0n) is 20.7. The minimum Gasteiger partial charge on any atom is -0.493 e. The highest BCUT2D eigenvalue weighted by Gasteiger charge is 2.14. The van der Waals surface area contributed by atoms with Crippen molar-refractivity contribution in [2.45, 2.75) is 32.7 Å². The number of nitrogens with zero attached hydrogens (tertiary/aromatic N) is 1. The summed E-state index contributed by atoms with van der Waals surface area (Å²) in [6.45, 7) is 6.89. The van der Waals surface area contributed by atoms with E-state index in [2.05, 4.69) is 31.1 Å². The Morgan fingerprint density at radius 2 is 1.51 bits per heavy atom. The van der Waals surface area contributed by atoms with Gasteiger partial charge in [0.2, 0.25) is 0 Å². The molecule has 4 rings (SSSR count). The lowest BCUT2D eigenvalue weighted by atomic mass is 9.87. The molecule has 180 valence electrons. The maximum atomic E-state index is 12.5. The normalized spacial score (nSPS) is 11.2. The Balaban J connectivity index is 1.42. The summed E-state index contributed by atoms with van der Waals surface area (Å²) in [4.78, 5) is 17.0. The maximum absolute atomic E-state index is 12.5. The molecule has 0 aliphatic carbocycles. The molecule has 1 N–H and O–H groups in total. The lowest BCUT2D eigenvalue weighted by molar-refractivity contribution is 0.0951. The number of aromatic nitrogens is 1. The number of carbonyl (C=O) groups excluding carboxylic acids is 1. The quantitative estimate of drug-likeness (QED) is 0.345. The van der Waals surface area contributed by atoms with E-state index in [1.165, 1.54) is 5.56 Å². The van der Waals surface area contributed by atoms with Gasteiger partial charge < -0.3 is 19.5 Å². The smallest absolute Gasteiger partial charge is 0.251 e. The maximum Gasteiger partial charge on any atom is 0.251 e. The fourth-order valence-corrected chi connectivity index (χ4v) is 3.74. The molecule has 0 radical (unpaired) electrons. The standard InChI is InChI=1S/C29H30N2O4/c1-29(2,3)21-10-8-20(9-11-21)28(32)31-18-19-6-12-22(13-7-19)35-25-14-15-30-24-17-27(34-5)26(33-4)16-23(24)25/h6-17H,18H2,1-5H3,(H,31,32). The van der Waals surface area contributed by atoms with Crippen LogP contribution in [-0.4, -0.2) is 25.1 Å². The van der Waals surface area contributed by atoms with E-state index in [4.69, 9.17) is 14.2 Å². The molecule has 3 aromatic carbocycles. The van der Waals surface area contributed by atoms with Crippen LogP contribution >= 0.6 is 0 Å². The van der Waals surface area contributed by atoms with Crippen molar-refractivity contribution in [1.82, 2.24) is 10.3 Å². The van der Waals surface area contributed by atoms with Gasteiger partial charge in [-0.2, -0.15) is 0 Å². The minimum atomic E-state index is -0.0987. The molecule has 35 heavy (non-hydrogen) atoms. The summed E-state index contributed by atoms with van der Waals surface area (Å²) in [5.41, 5.74) is 3.62. The van der Waals surface area contributed by atoms with Gasteiger partial charge in [0.1, 0.15) is 11.5 Å². The average molecular weight is 471 g/mol. The molecule has 0 fully saturated rings. The van der Waals surface area contributed by atoms with E-state index in [1.54, 1.807) is 20.4 Å². The van der Waals surface area contributed by atoms with Crippen LogP contribution in [0.1, 0.15) is 42.3 Å². The molecule has 1 amide bonds. The third-order valence-corrected chi connectivity index (χ3v) is 5.82. The van der Waals surface area contributed by atoms with Crippen LogP contribution < -0.4 is 19.5 Å². The first-order valence-electron chi connectivity index (χ1n) is 11.4. The van der Waals surface area contributed by atoms with E-state index in [0.717, 1.165) is 16.5 Å². The Kier molecular flexibility index (Phi) is 6.92. The van der Waals surface area contributed by atoms with E-state index in [0.29, 0.717) is 35.1 Å². The number of ether oxygens (including phenoxy) is 3. The molecule has 6 nitrogen and oxygen atoms in total. The fraction of sp³-hybridized carbons (Fsp3) is 0.241. The first-order chi connectivity index (χ1) is 16.8.